The number of hydrogen-bond acceptors (Lipinski definition) is 7. The van der Waals surface area contributed by atoms with Crippen LogP contribution in [0.15, 0.2) is 24.3 Å². The zero-order valence-corrected chi connectivity index (χ0v) is 20.8. The molecule has 0 saturated carbocycles. The third-order valence-electron chi connectivity index (χ3n) is 4.77. The van der Waals surface area contributed by atoms with Crippen molar-refractivity contribution in [2.24, 2.45) is 0 Å². The van der Waals surface area contributed by atoms with Crippen molar-refractivity contribution in [3.05, 3.63) is 29.8 Å². The van der Waals surface area contributed by atoms with Crippen LogP contribution in [0.25, 0.3) is 0 Å². The van der Waals surface area contributed by atoms with Crippen molar-refractivity contribution < 1.29 is 33.8 Å². The minimum Gasteiger partial charge on any atom is -0.508 e. The van der Waals surface area contributed by atoms with E-state index >= 15 is 0 Å². The first-order chi connectivity index (χ1) is 15.9. The molecule has 0 bridgehead atoms. The summed E-state index contributed by atoms with van der Waals surface area (Å²) >= 11 is 0. The summed E-state index contributed by atoms with van der Waals surface area (Å²) in [5.41, 5.74) is -0.386. The van der Waals surface area contributed by atoms with Gasteiger partial charge in [-0.05, 0) is 51.8 Å². The summed E-state index contributed by atoms with van der Waals surface area (Å²) in [6, 6.07) is 3.85. The molecule has 0 aromatic heterocycles. The number of carbonyl (C=O) groups is 4. The molecule has 3 amide bonds. The molecule has 3 N–H and O–H groups in total. The number of phenolic OH excluding ortho intramolecular Hbond substituents is 1. The van der Waals surface area contributed by atoms with E-state index in [2.05, 4.69) is 15.4 Å². The highest BCUT2D eigenvalue weighted by atomic mass is 16.6. The van der Waals surface area contributed by atoms with E-state index in [4.69, 9.17) is 4.74 Å². The van der Waals surface area contributed by atoms with Crippen molar-refractivity contribution in [1.29, 1.82) is 0 Å². The molecule has 0 spiro atoms. The summed E-state index contributed by atoms with van der Waals surface area (Å²) in [6.07, 6.45) is 1.56. The van der Waals surface area contributed by atoms with E-state index in [-0.39, 0.29) is 18.8 Å². The van der Waals surface area contributed by atoms with Crippen LogP contribution in [0.2, 0.25) is 0 Å². The van der Waals surface area contributed by atoms with Gasteiger partial charge in [-0.15, -0.1) is 0 Å². The number of carbonyl (C=O) groups excluding carboxylic acids is 4. The average Bonchev–Trinajstić information content (AvgIpc) is 2.74. The standard InChI is InChI=1S/C24H37N3O7/c1-7-8-9-13-27(22(31)16(2)26-23(32)34-24(3,4)5)20(17-11-10-12-18(28)14-17)21(30)25-15-19(29)33-6/h10-12,14,16,20,28H,7-9,13,15H2,1-6H3,(H,25,30)(H,26,32). The Hall–Kier alpha value is -3.30. The Balaban J connectivity index is 3.28. The molecule has 1 aromatic carbocycles. The van der Waals surface area contributed by atoms with Gasteiger partial charge in [-0.3, -0.25) is 14.4 Å². The summed E-state index contributed by atoms with van der Waals surface area (Å²) in [5.74, 6) is -1.86. The summed E-state index contributed by atoms with van der Waals surface area (Å²) < 4.78 is 9.82. The molecule has 0 aliphatic heterocycles. The van der Waals surface area contributed by atoms with Crippen LogP contribution >= 0.6 is 0 Å². The van der Waals surface area contributed by atoms with E-state index in [1.807, 2.05) is 6.92 Å². The van der Waals surface area contributed by atoms with Gasteiger partial charge in [0.2, 0.25) is 11.8 Å². The van der Waals surface area contributed by atoms with E-state index in [1.165, 1.54) is 31.1 Å². The van der Waals surface area contributed by atoms with Crippen molar-refractivity contribution in [2.75, 3.05) is 20.2 Å². The van der Waals surface area contributed by atoms with Crippen LogP contribution in [0.5, 0.6) is 5.75 Å². The van der Waals surface area contributed by atoms with Crippen molar-refractivity contribution in [3.63, 3.8) is 0 Å². The van der Waals surface area contributed by atoms with Gasteiger partial charge in [-0.2, -0.15) is 0 Å². The van der Waals surface area contributed by atoms with Crippen LogP contribution in [0.3, 0.4) is 0 Å². The molecule has 1 rings (SSSR count). The van der Waals surface area contributed by atoms with Gasteiger partial charge in [0.05, 0.1) is 7.11 Å². The molecule has 2 atom stereocenters. The van der Waals surface area contributed by atoms with Crippen LogP contribution in [0.1, 0.15) is 65.5 Å². The number of unbranched alkanes of at least 4 members (excludes halogenated alkanes) is 2. The molecule has 10 heteroatoms. The van der Waals surface area contributed by atoms with Crippen molar-refractivity contribution in [1.82, 2.24) is 15.5 Å². The highest BCUT2D eigenvalue weighted by molar-refractivity contribution is 5.93. The minimum absolute atomic E-state index is 0.0795. The molecule has 190 valence electrons. The molecule has 0 fully saturated rings. The minimum atomic E-state index is -1.15. The molecular weight excluding hydrogens is 442 g/mol. The van der Waals surface area contributed by atoms with E-state index in [0.717, 1.165) is 12.8 Å². The maximum Gasteiger partial charge on any atom is 0.408 e. The van der Waals surface area contributed by atoms with Gasteiger partial charge in [-0.1, -0.05) is 31.9 Å². The van der Waals surface area contributed by atoms with Crippen LogP contribution < -0.4 is 10.6 Å². The molecule has 0 heterocycles. The van der Waals surface area contributed by atoms with Crippen molar-refractivity contribution in [3.8, 4) is 5.75 Å². The largest absolute Gasteiger partial charge is 0.508 e. The van der Waals surface area contributed by atoms with Crippen LogP contribution in [0, 0.1) is 0 Å². The number of phenols is 1. The fraction of sp³-hybridized carbons (Fsp3) is 0.583. The van der Waals surface area contributed by atoms with E-state index in [9.17, 15) is 24.3 Å². The van der Waals surface area contributed by atoms with Crippen molar-refractivity contribution >= 4 is 23.9 Å². The second kappa shape index (κ2) is 13.4. The molecule has 0 radical (unpaired) electrons. The van der Waals surface area contributed by atoms with Crippen LogP contribution in [-0.4, -0.2) is 65.7 Å². The van der Waals surface area contributed by atoms with Gasteiger partial charge < -0.3 is 30.1 Å². The summed E-state index contributed by atoms with van der Waals surface area (Å²) in [7, 11) is 1.20. The lowest BCUT2D eigenvalue weighted by Crippen LogP contribution is -2.52. The Morgan fingerprint density at radius 3 is 2.38 bits per heavy atom. The highest BCUT2D eigenvalue weighted by Gasteiger charge is 2.34. The first-order valence-electron chi connectivity index (χ1n) is 11.3. The summed E-state index contributed by atoms with van der Waals surface area (Å²) in [6.45, 7) is 8.48. The second-order valence-corrected chi connectivity index (χ2v) is 8.90. The lowest BCUT2D eigenvalue weighted by atomic mass is 10.0. The number of alkyl carbamates (subject to hydrolysis) is 1. The monoisotopic (exact) mass is 479 g/mol. The number of aromatic hydroxyl groups is 1. The first kappa shape index (κ1) is 28.7. The zero-order chi connectivity index (χ0) is 25.9. The first-order valence-corrected chi connectivity index (χ1v) is 11.3. The Labute approximate surface area is 201 Å². The number of nitrogens with one attached hydrogen (secondary N) is 2. The van der Waals surface area contributed by atoms with E-state index < -0.39 is 41.6 Å². The van der Waals surface area contributed by atoms with Crippen molar-refractivity contribution in [2.45, 2.75) is 71.6 Å². The molecule has 34 heavy (non-hydrogen) atoms. The van der Waals surface area contributed by atoms with Gasteiger partial charge in [-0.25, -0.2) is 4.79 Å². The smallest absolute Gasteiger partial charge is 0.408 e. The molecule has 0 aliphatic rings. The maximum atomic E-state index is 13.5. The Bertz CT molecular complexity index is 851. The SMILES string of the molecule is CCCCCN(C(=O)C(C)NC(=O)OC(C)(C)C)C(C(=O)NCC(=O)OC)c1cccc(O)c1. The second-order valence-electron chi connectivity index (χ2n) is 8.90. The predicted molar refractivity (Wildman–Crippen MR) is 126 cm³/mol. The molecule has 1 aromatic rings. The van der Waals surface area contributed by atoms with Gasteiger partial charge in [0.15, 0.2) is 0 Å². The predicted octanol–water partition coefficient (Wildman–Crippen LogP) is 2.65. The number of ether oxygens (including phenoxy) is 2. The number of rotatable bonds is 11. The van der Waals surface area contributed by atoms with E-state index in [0.29, 0.717) is 12.0 Å². The van der Waals surface area contributed by atoms with Gasteiger partial charge in [0.1, 0.15) is 30.0 Å². The van der Waals surface area contributed by atoms with Gasteiger partial charge in [0.25, 0.3) is 0 Å². The third kappa shape index (κ3) is 9.68. The average molecular weight is 480 g/mol. The fourth-order valence-corrected chi connectivity index (χ4v) is 3.19. The zero-order valence-electron chi connectivity index (χ0n) is 20.8. The number of nitrogens with zero attached hydrogens (tertiary/aromatic N) is 1. The quantitative estimate of drug-likeness (QED) is 0.328. The van der Waals surface area contributed by atoms with Gasteiger partial charge in [0, 0.05) is 6.54 Å². The number of hydrogen-bond donors (Lipinski definition) is 3. The normalized spacial score (nSPS) is 12.8. The maximum absolute atomic E-state index is 13.5. The Morgan fingerprint density at radius 1 is 1.15 bits per heavy atom. The molecule has 0 saturated heterocycles. The molecular formula is C24H37N3O7. The van der Waals surface area contributed by atoms with Crippen LogP contribution in [0.4, 0.5) is 4.79 Å². The lowest BCUT2D eigenvalue weighted by Gasteiger charge is -2.33. The highest BCUT2D eigenvalue weighted by Crippen LogP contribution is 2.26. The molecule has 0 aliphatic carbocycles. The fourth-order valence-electron chi connectivity index (χ4n) is 3.19. The van der Waals surface area contributed by atoms with Crippen LogP contribution in [-0.2, 0) is 23.9 Å². The molecule has 10 nitrogen and oxygen atoms in total. The summed E-state index contributed by atoms with van der Waals surface area (Å²) in [4.78, 5) is 51.8. The topological polar surface area (TPSA) is 134 Å². The van der Waals surface area contributed by atoms with Gasteiger partial charge >= 0.3 is 12.1 Å². The molecule has 2 unspecified atom stereocenters. The number of amides is 3. The number of esters is 1. The van der Waals surface area contributed by atoms with E-state index in [1.54, 1.807) is 32.9 Å². The lowest BCUT2D eigenvalue weighted by molar-refractivity contribution is -0.144. The Kier molecular flexibility index (Phi) is 11.3. The third-order valence-corrected chi connectivity index (χ3v) is 4.77. The number of methoxy groups -OCH3 is 1. The number of benzene rings is 1. The Morgan fingerprint density at radius 2 is 1.82 bits per heavy atom. The summed E-state index contributed by atoms with van der Waals surface area (Å²) in [5, 5.41) is 15.0.